The molecule has 1 N–H and O–H groups in total. The molecule has 27 heavy (non-hydrogen) atoms. The summed E-state index contributed by atoms with van der Waals surface area (Å²) in [5, 5.41) is 3.00. The molecule has 2 aliphatic rings. The monoisotopic (exact) mass is 384 g/mol. The molecule has 0 saturated carbocycles. The number of alkyl halides is 3. The summed E-state index contributed by atoms with van der Waals surface area (Å²) in [6.45, 7) is 5.97. The van der Waals surface area contributed by atoms with E-state index < -0.39 is 17.8 Å². The molecule has 3 rings (SSSR count). The molecule has 1 unspecified atom stereocenters. The summed E-state index contributed by atoms with van der Waals surface area (Å²) < 4.78 is 44.7. The number of nitrogens with zero attached hydrogens (tertiary/aromatic N) is 1. The summed E-state index contributed by atoms with van der Waals surface area (Å²) in [6, 6.07) is 4.63. The highest BCUT2D eigenvalue weighted by Gasteiger charge is 2.48. The second-order valence-corrected chi connectivity index (χ2v) is 7.99. The number of ether oxygens (including phenoxy) is 1. The largest absolute Gasteiger partial charge is 0.416 e. The lowest BCUT2D eigenvalue weighted by Gasteiger charge is -2.54. The molecule has 2 heterocycles. The first-order chi connectivity index (χ1) is 12.7. The van der Waals surface area contributed by atoms with Crippen LogP contribution in [-0.4, -0.2) is 36.2 Å². The average Bonchev–Trinajstić information content (AvgIpc) is 2.60. The van der Waals surface area contributed by atoms with Crippen molar-refractivity contribution < 1.29 is 22.7 Å². The van der Waals surface area contributed by atoms with Crippen molar-refractivity contribution in [3.05, 3.63) is 35.4 Å². The Balaban J connectivity index is 1.76. The van der Waals surface area contributed by atoms with Crippen molar-refractivity contribution in [2.24, 2.45) is 5.92 Å². The van der Waals surface area contributed by atoms with Crippen molar-refractivity contribution in [2.45, 2.75) is 57.3 Å². The van der Waals surface area contributed by atoms with Gasteiger partial charge in [-0.3, -0.25) is 0 Å². The molecule has 2 aliphatic heterocycles. The Kier molecular flexibility index (Phi) is 5.70. The molecule has 1 atom stereocenters. The molecule has 0 bridgehead atoms. The van der Waals surface area contributed by atoms with Gasteiger partial charge in [0.2, 0.25) is 0 Å². The summed E-state index contributed by atoms with van der Waals surface area (Å²) in [6.07, 6.45) is -1.22. The molecule has 150 valence electrons. The minimum atomic E-state index is -4.40. The fourth-order valence-electron chi connectivity index (χ4n) is 4.04. The van der Waals surface area contributed by atoms with E-state index in [4.69, 9.17) is 4.74 Å². The van der Waals surface area contributed by atoms with Crippen LogP contribution in [0.1, 0.15) is 56.7 Å². The van der Waals surface area contributed by atoms with Crippen molar-refractivity contribution in [3.8, 4) is 0 Å². The van der Waals surface area contributed by atoms with Crippen molar-refractivity contribution in [2.75, 3.05) is 19.8 Å². The first kappa shape index (κ1) is 20.0. The van der Waals surface area contributed by atoms with Crippen LogP contribution in [0.5, 0.6) is 0 Å². The van der Waals surface area contributed by atoms with Crippen LogP contribution in [0, 0.1) is 5.92 Å². The maximum absolute atomic E-state index is 13.1. The molecule has 0 radical (unpaired) electrons. The van der Waals surface area contributed by atoms with Gasteiger partial charge in [-0.05, 0) is 49.3 Å². The third kappa shape index (κ3) is 4.39. The molecule has 1 spiro atoms. The molecule has 4 nitrogen and oxygen atoms in total. The minimum Gasteiger partial charge on any atom is -0.381 e. The molecule has 7 heteroatoms. The summed E-state index contributed by atoms with van der Waals surface area (Å²) in [5.41, 5.74) is -0.334. The van der Waals surface area contributed by atoms with Gasteiger partial charge in [0.05, 0.1) is 17.1 Å². The van der Waals surface area contributed by atoms with Crippen LogP contribution >= 0.6 is 0 Å². The van der Waals surface area contributed by atoms with E-state index in [9.17, 15) is 18.0 Å². The number of rotatable bonds is 4. The lowest BCUT2D eigenvalue weighted by Crippen LogP contribution is -2.66. The van der Waals surface area contributed by atoms with Crippen molar-refractivity contribution in [1.29, 1.82) is 0 Å². The van der Waals surface area contributed by atoms with Crippen LogP contribution in [0.3, 0.4) is 0 Å². The van der Waals surface area contributed by atoms with E-state index in [0.717, 1.165) is 31.4 Å². The Labute approximate surface area is 158 Å². The van der Waals surface area contributed by atoms with Crippen molar-refractivity contribution in [1.82, 2.24) is 10.2 Å². The van der Waals surface area contributed by atoms with Crippen molar-refractivity contribution >= 4 is 6.03 Å². The average molecular weight is 384 g/mol. The fraction of sp³-hybridized carbons (Fsp3) is 0.650. The predicted octanol–water partition coefficient (Wildman–Crippen LogP) is 4.76. The molecular weight excluding hydrogens is 357 g/mol. The number of carbonyl (C=O) groups excluding carboxylic acids is 1. The second-order valence-electron chi connectivity index (χ2n) is 7.99. The Morgan fingerprint density at radius 3 is 2.52 bits per heavy atom. The normalized spacial score (nSPS) is 20.4. The zero-order valence-corrected chi connectivity index (χ0v) is 15.8. The van der Waals surface area contributed by atoms with Crippen LogP contribution in [0.25, 0.3) is 0 Å². The zero-order chi connectivity index (χ0) is 19.7. The van der Waals surface area contributed by atoms with Gasteiger partial charge < -0.3 is 15.0 Å². The highest BCUT2D eigenvalue weighted by Crippen LogP contribution is 2.40. The van der Waals surface area contributed by atoms with Crippen LogP contribution in [0.2, 0.25) is 0 Å². The molecule has 2 fully saturated rings. The smallest absolute Gasteiger partial charge is 0.381 e. The third-order valence-corrected chi connectivity index (χ3v) is 5.66. The first-order valence-corrected chi connectivity index (χ1v) is 9.54. The topological polar surface area (TPSA) is 41.6 Å². The number of amides is 2. The van der Waals surface area contributed by atoms with Gasteiger partial charge >= 0.3 is 12.2 Å². The summed E-state index contributed by atoms with van der Waals surface area (Å²) in [5.74, 6) is 0.235. The van der Waals surface area contributed by atoms with Gasteiger partial charge in [-0.15, -0.1) is 0 Å². The minimum absolute atomic E-state index is 0.140. The highest BCUT2D eigenvalue weighted by molar-refractivity contribution is 5.76. The van der Waals surface area contributed by atoms with E-state index in [1.54, 1.807) is 6.07 Å². The van der Waals surface area contributed by atoms with Gasteiger partial charge in [0.15, 0.2) is 0 Å². The van der Waals surface area contributed by atoms with Gasteiger partial charge in [0, 0.05) is 19.8 Å². The maximum Gasteiger partial charge on any atom is 0.416 e. The second kappa shape index (κ2) is 7.70. The number of hydrogen-bond acceptors (Lipinski definition) is 2. The zero-order valence-electron chi connectivity index (χ0n) is 15.8. The predicted molar refractivity (Wildman–Crippen MR) is 96.3 cm³/mol. The summed E-state index contributed by atoms with van der Waals surface area (Å²) in [4.78, 5) is 14.7. The number of likely N-dealkylation sites (tertiary alicyclic amines) is 1. The molecule has 2 saturated heterocycles. The van der Waals surface area contributed by atoms with Gasteiger partial charge in [0.25, 0.3) is 0 Å². The van der Waals surface area contributed by atoms with Crippen LogP contribution < -0.4 is 5.32 Å². The Bertz CT molecular complexity index is 669. The number of benzene rings is 1. The Hall–Kier alpha value is -1.76. The van der Waals surface area contributed by atoms with Crippen LogP contribution in [0.15, 0.2) is 24.3 Å². The van der Waals surface area contributed by atoms with Crippen molar-refractivity contribution in [3.63, 3.8) is 0 Å². The molecule has 2 amide bonds. The van der Waals surface area contributed by atoms with Crippen LogP contribution in [-0.2, 0) is 10.9 Å². The van der Waals surface area contributed by atoms with Gasteiger partial charge in [-0.25, -0.2) is 4.79 Å². The number of carbonyl (C=O) groups is 1. The van der Waals surface area contributed by atoms with E-state index >= 15 is 0 Å². The number of hydrogen-bond donors (Lipinski definition) is 1. The number of nitrogens with one attached hydrogen (secondary N) is 1. The van der Waals surface area contributed by atoms with Gasteiger partial charge in [-0.2, -0.15) is 13.2 Å². The summed E-state index contributed by atoms with van der Waals surface area (Å²) >= 11 is 0. The number of halogens is 3. The van der Waals surface area contributed by atoms with Gasteiger partial charge in [0.1, 0.15) is 0 Å². The quantitative estimate of drug-likeness (QED) is 0.813. The SMILES string of the molecule is CC(C)CC(NC(=O)N1CCC12CCOCC2)c1cccc(C(F)(F)F)c1. The highest BCUT2D eigenvalue weighted by atomic mass is 19.4. The van der Waals surface area contributed by atoms with E-state index in [2.05, 4.69) is 5.32 Å². The van der Waals surface area contributed by atoms with E-state index in [0.29, 0.717) is 31.7 Å². The molecule has 1 aromatic carbocycles. The first-order valence-electron chi connectivity index (χ1n) is 9.54. The molecule has 0 aliphatic carbocycles. The van der Waals surface area contributed by atoms with Crippen LogP contribution in [0.4, 0.5) is 18.0 Å². The number of urea groups is 1. The van der Waals surface area contributed by atoms with E-state index in [1.165, 1.54) is 6.07 Å². The lowest BCUT2D eigenvalue weighted by molar-refractivity contribution is -0.137. The Morgan fingerprint density at radius 2 is 1.96 bits per heavy atom. The third-order valence-electron chi connectivity index (χ3n) is 5.66. The standard InChI is InChI=1S/C20H27F3N2O2/c1-14(2)12-17(15-4-3-5-16(13-15)20(21,22)23)24-18(26)25-9-6-19(25)7-10-27-11-8-19/h3-5,13-14,17H,6-12H2,1-2H3,(H,24,26). The van der Waals surface area contributed by atoms with E-state index in [1.807, 2.05) is 18.7 Å². The maximum atomic E-state index is 13.1. The molecule has 1 aromatic rings. The fourth-order valence-corrected chi connectivity index (χ4v) is 4.04. The van der Waals surface area contributed by atoms with E-state index in [-0.39, 0.29) is 17.5 Å². The van der Waals surface area contributed by atoms with Gasteiger partial charge in [-0.1, -0.05) is 26.0 Å². The summed E-state index contributed by atoms with van der Waals surface area (Å²) in [7, 11) is 0. The Morgan fingerprint density at radius 1 is 1.26 bits per heavy atom. The molecule has 0 aromatic heterocycles. The molecular formula is C20H27F3N2O2. The lowest BCUT2D eigenvalue weighted by atomic mass is 9.78.